The number of aryl methyl sites for hydroxylation is 1. The van der Waals surface area contributed by atoms with E-state index in [0.29, 0.717) is 36.0 Å². The summed E-state index contributed by atoms with van der Waals surface area (Å²) in [5.74, 6) is 4.08. The number of hydrogen-bond acceptors (Lipinski definition) is 5. The highest BCUT2D eigenvalue weighted by atomic mass is 35.5. The van der Waals surface area contributed by atoms with Gasteiger partial charge in [0.2, 0.25) is 5.91 Å². The molecule has 2 aliphatic carbocycles. The van der Waals surface area contributed by atoms with Gasteiger partial charge in [-0.05, 0) is 72.6 Å². The molecule has 0 bridgehead atoms. The van der Waals surface area contributed by atoms with Crippen molar-refractivity contribution in [2.45, 2.75) is 77.3 Å². The molecule has 0 spiro atoms. The smallest absolute Gasteiger partial charge is 0.227 e. The molecule has 3 aromatic rings. The number of hydrogen-bond donors (Lipinski definition) is 0. The summed E-state index contributed by atoms with van der Waals surface area (Å²) < 4.78 is 20.8. The maximum absolute atomic E-state index is 14.8. The first-order valence-corrected chi connectivity index (χ1v) is 15.5. The van der Waals surface area contributed by atoms with Crippen LogP contribution in [0.5, 0.6) is 5.75 Å². The molecule has 0 radical (unpaired) electrons. The Labute approximate surface area is 246 Å². The summed E-state index contributed by atoms with van der Waals surface area (Å²) in [5, 5.41) is 0.590. The number of nitrogens with zero attached hydrogens (tertiary/aromatic N) is 4. The third-order valence-corrected chi connectivity index (χ3v) is 9.52. The number of fused-ring (bicyclic) bond motifs is 1. The second-order valence-corrected chi connectivity index (χ2v) is 12.5. The van der Waals surface area contributed by atoms with E-state index in [2.05, 4.69) is 15.0 Å². The number of halogens is 2. The Hall–Kier alpha value is -3.06. The molecule has 3 heterocycles. The Kier molecular flexibility index (Phi) is 8.80. The van der Waals surface area contributed by atoms with Crippen LogP contribution in [0.1, 0.15) is 74.0 Å². The summed E-state index contributed by atoms with van der Waals surface area (Å²) in [5.41, 5.74) is 2.39. The fourth-order valence-corrected chi connectivity index (χ4v) is 6.94. The minimum atomic E-state index is -0.384. The topological polar surface area (TPSA) is 68.2 Å². The molecule has 6 nitrogen and oxygen atoms in total. The van der Waals surface area contributed by atoms with Crippen LogP contribution in [0.2, 0.25) is 5.02 Å². The van der Waals surface area contributed by atoms with Gasteiger partial charge in [0.1, 0.15) is 17.4 Å². The van der Waals surface area contributed by atoms with Crippen molar-refractivity contribution in [1.29, 1.82) is 0 Å². The molecule has 216 valence electrons. The van der Waals surface area contributed by atoms with Crippen LogP contribution in [-0.4, -0.2) is 32.4 Å². The van der Waals surface area contributed by atoms with Gasteiger partial charge in [-0.15, -0.1) is 0 Å². The molecule has 2 fully saturated rings. The van der Waals surface area contributed by atoms with Gasteiger partial charge in [0.15, 0.2) is 0 Å². The standard InChI is InChI=1S/C33H38ClFN4O2/c34-27-18-37-32(38-19-27)11-7-22-3-1-4-23(8-6-22)29-15-24(29)12-14-41-28-10-9-25(30(35)17-28)16-33(40)39-20-26-5-2-13-36-31(26)21-39/h2,5,9-10,13,17-19,22-24,29H,1,3-4,6-8,11-12,14-16,20-21H2. The number of aromatic nitrogens is 3. The lowest BCUT2D eigenvalue weighted by atomic mass is 9.91. The van der Waals surface area contributed by atoms with Crippen molar-refractivity contribution in [2.24, 2.45) is 23.7 Å². The second kappa shape index (κ2) is 12.8. The van der Waals surface area contributed by atoms with Crippen molar-refractivity contribution in [2.75, 3.05) is 6.61 Å². The molecule has 0 N–H and O–H groups in total. The molecule has 0 saturated heterocycles. The predicted octanol–water partition coefficient (Wildman–Crippen LogP) is 6.98. The van der Waals surface area contributed by atoms with Gasteiger partial charge in [-0.3, -0.25) is 9.78 Å². The Morgan fingerprint density at radius 1 is 1.05 bits per heavy atom. The number of carbonyl (C=O) groups excluding carboxylic acids is 1. The Morgan fingerprint density at radius 2 is 1.93 bits per heavy atom. The summed E-state index contributed by atoms with van der Waals surface area (Å²) in [4.78, 5) is 27.5. The van der Waals surface area contributed by atoms with E-state index >= 15 is 0 Å². The lowest BCUT2D eigenvalue weighted by molar-refractivity contribution is -0.131. The largest absolute Gasteiger partial charge is 0.493 e. The Morgan fingerprint density at radius 3 is 2.76 bits per heavy atom. The van der Waals surface area contributed by atoms with E-state index in [1.54, 1.807) is 35.6 Å². The van der Waals surface area contributed by atoms with Crippen LogP contribution >= 0.6 is 11.6 Å². The second-order valence-electron chi connectivity index (χ2n) is 12.1. The molecular weight excluding hydrogens is 539 g/mol. The molecule has 2 aromatic heterocycles. The summed E-state index contributed by atoms with van der Waals surface area (Å²) in [7, 11) is 0. The number of ether oxygens (including phenoxy) is 1. The number of benzene rings is 1. The van der Waals surface area contributed by atoms with Crippen LogP contribution in [0.3, 0.4) is 0 Å². The van der Waals surface area contributed by atoms with Crippen molar-refractivity contribution in [3.05, 3.63) is 82.4 Å². The molecule has 1 aliphatic heterocycles. The molecule has 6 rings (SSSR count). The monoisotopic (exact) mass is 576 g/mol. The number of carbonyl (C=O) groups is 1. The highest BCUT2D eigenvalue weighted by Gasteiger charge is 2.42. The molecular formula is C33H38ClFN4O2. The Bertz CT molecular complexity index is 1330. The first-order valence-electron chi connectivity index (χ1n) is 15.1. The lowest BCUT2D eigenvalue weighted by Crippen LogP contribution is -2.27. The predicted molar refractivity (Wildman–Crippen MR) is 156 cm³/mol. The quantitative estimate of drug-likeness (QED) is 0.243. The summed E-state index contributed by atoms with van der Waals surface area (Å²) in [6, 6.07) is 8.76. The molecule has 2 saturated carbocycles. The van der Waals surface area contributed by atoms with Gasteiger partial charge in [-0.1, -0.05) is 49.4 Å². The summed E-state index contributed by atoms with van der Waals surface area (Å²) in [6.07, 6.45) is 16.1. The van der Waals surface area contributed by atoms with Crippen LogP contribution in [0.15, 0.2) is 48.9 Å². The maximum Gasteiger partial charge on any atom is 0.227 e. The molecule has 1 amide bonds. The third kappa shape index (κ3) is 7.24. The van der Waals surface area contributed by atoms with E-state index in [1.807, 2.05) is 12.1 Å². The molecule has 4 unspecified atom stereocenters. The van der Waals surface area contributed by atoms with Gasteiger partial charge >= 0.3 is 0 Å². The fraction of sp³-hybridized carbons (Fsp3) is 0.515. The highest BCUT2D eigenvalue weighted by Crippen LogP contribution is 2.51. The SMILES string of the molecule is O=C(Cc1ccc(OCCC2CC2C2CCCC(CCc3ncc(Cl)cn3)CC2)cc1F)N1Cc2cccnc2C1. The van der Waals surface area contributed by atoms with Gasteiger partial charge in [-0.2, -0.15) is 0 Å². The van der Waals surface area contributed by atoms with E-state index in [1.165, 1.54) is 44.6 Å². The molecule has 4 atom stereocenters. The highest BCUT2D eigenvalue weighted by molar-refractivity contribution is 6.30. The summed E-state index contributed by atoms with van der Waals surface area (Å²) >= 11 is 5.90. The van der Waals surface area contributed by atoms with Gasteiger partial charge in [0.25, 0.3) is 0 Å². The third-order valence-electron chi connectivity index (χ3n) is 9.33. The number of rotatable bonds is 10. The average molecular weight is 577 g/mol. The molecule has 1 aromatic carbocycles. The molecule has 41 heavy (non-hydrogen) atoms. The first kappa shape index (κ1) is 28.1. The average Bonchev–Trinajstić information content (AvgIpc) is 3.67. The van der Waals surface area contributed by atoms with Crippen molar-refractivity contribution in [3.8, 4) is 5.75 Å². The maximum atomic E-state index is 14.8. The van der Waals surface area contributed by atoms with Crippen LogP contribution in [0, 0.1) is 29.5 Å². The van der Waals surface area contributed by atoms with Crippen LogP contribution in [0.25, 0.3) is 0 Å². The zero-order chi connectivity index (χ0) is 28.2. The first-order chi connectivity index (χ1) is 20.0. The van der Waals surface area contributed by atoms with Gasteiger partial charge in [0.05, 0.1) is 30.3 Å². The summed E-state index contributed by atoms with van der Waals surface area (Å²) in [6.45, 7) is 1.63. The van der Waals surface area contributed by atoms with Crippen molar-refractivity contribution < 1.29 is 13.9 Å². The molecule has 3 aliphatic rings. The van der Waals surface area contributed by atoms with E-state index in [-0.39, 0.29) is 18.1 Å². The van der Waals surface area contributed by atoms with Crippen molar-refractivity contribution >= 4 is 17.5 Å². The number of pyridine rings is 1. The van der Waals surface area contributed by atoms with Crippen LogP contribution in [-0.2, 0) is 30.7 Å². The molecule has 8 heteroatoms. The zero-order valence-corrected chi connectivity index (χ0v) is 24.2. The van der Waals surface area contributed by atoms with Crippen molar-refractivity contribution in [3.63, 3.8) is 0 Å². The van der Waals surface area contributed by atoms with Gasteiger partial charge in [0, 0.05) is 37.6 Å². The van der Waals surface area contributed by atoms with Crippen molar-refractivity contribution in [1.82, 2.24) is 19.9 Å². The van der Waals surface area contributed by atoms with Gasteiger partial charge in [-0.25, -0.2) is 14.4 Å². The van der Waals surface area contributed by atoms with Crippen LogP contribution in [0.4, 0.5) is 4.39 Å². The lowest BCUT2D eigenvalue weighted by Gasteiger charge is -2.16. The van der Waals surface area contributed by atoms with E-state index in [0.717, 1.165) is 60.0 Å². The zero-order valence-electron chi connectivity index (χ0n) is 23.5. The minimum absolute atomic E-state index is 0.0427. The van der Waals surface area contributed by atoms with Crippen LogP contribution < -0.4 is 4.74 Å². The van der Waals surface area contributed by atoms with E-state index in [9.17, 15) is 9.18 Å². The Balaban J connectivity index is 0.899. The van der Waals surface area contributed by atoms with E-state index < -0.39 is 0 Å². The normalized spacial score (nSPS) is 23.6. The van der Waals surface area contributed by atoms with E-state index in [4.69, 9.17) is 16.3 Å². The fourth-order valence-electron chi connectivity index (χ4n) is 6.85. The number of amides is 1. The van der Waals surface area contributed by atoms with Gasteiger partial charge < -0.3 is 9.64 Å². The minimum Gasteiger partial charge on any atom is -0.493 e.